The molecule has 0 saturated heterocycles. The average molecular weight is 281 g/mol. The number of alkyl halides is 2. The third-order valence-electron chi connectivity index (χ3n) is 2.46. The van der Waals surface area contributed by atoms with E-state index < -0.39 is 12.6 Å². The Morgan fingerprint density at radius 1 is 1.60 bits per heavy atom. The number of hydrogen-bond acceptors (Lipinski definition) is 5. The molecule has 1 aromatic heterocycles. The molecule has 1 unspecified atom stereocenters. The maximum atomic E-state index is 12.8. The van der Waals surface area contributed by atoms with Crippen molar-refractivity contribution in [2.24, 2.45) is 5.73 Å². The highest BCUT2D eigenvalue weighted by atomic mass is 19.3. The topological polar surface area (TPSA) is 101 Å². The number of nitrogens with two attached hydrogens (primary N) is 1. The predicted molar refractivity (Wildman–Crippen MR) is 68.2 cm³/mol. The highest BCUT2D eigenvalue weighted by Gasteiger charge is 2.19. The number of nitriles is 1. The molecule has 0 aliphatic carbocycles. The lowest BCUT2D eigenvalue weighted by molar-refractivity contribution is 0.0553. The Balaban J connectivity index is 3.31. The molecule has 0 aromatic carbocycles. The molecule has 0 fully saturated rings. The molecule has 1 rings (SSSR count). The largest absolute Gasteiger partial charge is 0.394 e. The van der Waals surface area contributed by atoms with Crippen molar-refractivity contribution in [2.45, 2.75) is 12.6 Å². The summed E-state index contributed by atoms with van der Waals surface area (Å²) in [5.41, 5.74) is 5.75. The van der Waals surface area contributed by atoms with E-state index in [1.54, 1.807) is 6.07 Å². The van der Waals surface area contributed by atoms with Gasteiger partial charge in [-0.2, -0.15) is 23.8 Å². The van der Waals surface area contributed by atoms with Gasteiger partial charge in [-0.05, 0) is 11.6 Å². The van der Waals surface area contributed by atoms with Crippen molar-refractivity contribution < 1.29 is 13.9 Å². The molecule has 8 heteroatoms. The van der Waals surface area contributed by atoms with Crippen molar-refractivity contribution in [1.29, 1.82) is 5.26 Å². The Hall–Kier alpha value is -2.37. The van der Waals surface area contributed by atoms with Gasteiger partial charge in [0.2, 0.25) is 0 Å². The first-order chi connectivity index (χ1) is 9.42. The predicted octanol–water partition coefficient (Wildman–Crippen LogP) is 1.01. The van der Waals surface area contributed by atoms with Crippen LogP contribution in [0.3, 0.4) is 0 Å². The van der Waals surface area contributed by atoms with Crippen LogP contribution in [0.2, 0.25) is 0 Å². The minimum Gasteiger partial charge on any atom is -0.394 e. The highest BCUT2D eigenvalue weighted by molar-refractivity contribution is 5.80. The van der Waals surface area contributed by atoms with E-state index in [0.29, 0.717) is 4.68 Å². The average Bonchev–Trinajstić information content (AvgIpc) is 2.91. The van der Waals surface area contributed by atoms with Crippen LogP contribution in [-0.4, -0.2) is 32.5 Å². The Morgan fingerprint density at radius 3 is 2.75 bits per heavy atom. The summed E-state index contributed by atoms with van der Waals surface area (Å²) in [5.74, 6) is -0.224. The molecular weight excluding hydrogens is 268 g/mol. The number of nitrogens with zero attached hydrogens (tertiary/aromatic N) is 4. The molecule has 0 aliphatic rings. The number of hydrogen-bond donors (Lipinski definition) is 2. The van der Waals surface area contributed by atoms with E-state index in [9.17, 15) is 8.78 Å². The van der Waals surface area contributed by atoms with Gasteiger partial charge < -0.3 is 10.8 Å². The highest BCUT2D eigenvalue weighted by Crippen LogP contribution is 2.24. The normalized spacial score (nSPS) is 13.1. The zero-order valence-corrected chi connectivity index (χ0v) is 10.5. The molecule has 0 saturated carbocycles. The quantitative estimate of drug-likeness (QED) is 0.598. The lowest BCUT2D eigenvalue weighted by Crippen LogP contribution is -2.25. The van der Waals surface area contributed by atoms with Gasteiger partial charge in [0.05, 0.1) is 24.3 Å². The molecule has 0 aliphatic heterocycles. The van der Waals surface area contributed by atoms with Gasteiger partial charge in [0, 0.05) is 5.57 Å². The molecule has 1 aromatic rings. The van der Waals surface area contributed by atoms with E-state index in [2.05, 4.69) is 23.2 Å². The lowest BCUT2D eigenvalue weighted by Gasteiger charge is -2.11. The third-order valence-corrected chi connectivity index (χ3v) is 2.46. The van der Waals surface area contributed by atoms with Crippen molar-refractivity contribution in [2.75, 3.05) is 6.61 Å². The van der Waals surface area contributed by atoms with Crippen LogP contribution in [-0.2, 0) is 0 Å². The maximum Gasteiger partial charge on any atom is 0.335 e. The van der Waals surface area contributed by atoms with Gasteiger partial charge in [-0.1, -0.05) is 13.2 Å². The van der Waals surface area contributed by atoms with Gasteiger partial charge >= 0.3 is 6.55 Å². The Morgan fingerprint density at radius 2 is 2.25 bits per heavy atom. The first-order valence-corrected chi connectivity index (χ1v) is 5.46. The summed E-state index contributed by atoms with van der Waals surface area (Å²) in [7, 11) is 0. The molecule has 0 amide bonds. The lowest BCUT2D eigenvalue weighted by atomic mass is 10.0. The summed E-state index contributed by atoms with van der Waals surface area (Å²) in [6, 6.07) is 0.970. The molecular formula is C12H13F2N5O. The van der Waals surface area contributed by atoms with Gasteiger partial charge in [0.25, 0.3) is 0 Å². The fourth-order valence-electron chi connectivity index (χ4n) is 1.34. The second-order valence-corrected chi connectivity index (χ2v) is 3.82. The minimum absolute atomic E-state index is 0.0270. The van der Waals surface area contributed by atoms with Crippen LogP contribution in [0, 0.1) is 11.3 Å². The summed E-state index contributed by atoms with van der Waals surface area (Å²) >= 11 is 0. The first kappa shape index (κ1) is 15.7. The van der Waals surface area contributed by atoms with Gasteiger partial charge in [0.15, 0.2) is 5.82 Å². The van der Waals surface area contributed by atoms with Gasteiger partial charge in [0.1, 0.15) is 6.33 Å². The zero-order chi connectivity index (χ0) is 15.3. The van der Waals surface area contributed by atoms with Crippen LogP contribution in [0.25, 0.3) is 5.57 Å². The SMILES string of the molecule is C=C(C#N)/C(=C\C(=C)C(N)CO)c1ncnn1C(F)F. The Labute approximate surface area is 114 Å². The standard InChI is InChI=1S/C12H13F2N5O/c1-7(10(16)5-20)3-9(8(2)4-15)11-17-6-18-19(11)12(13)14/h3,6,10,12,20H,1-2,5,16H2/b9-3+. The van der Waals surface area contributed by atoms with Gasteiger partial charge in [-0.15, -0.1) is 0 Å². The number of halogens is 2. The van der Waals surface area contributed by atoms with Crippen molar-refractivity contribution in [3.05, 3.63) is 42.5 Å². The maximum absolute atomic E-state index is 12.8. The van der Waals surface area contributed by atoms with E-state index in [1.165, 1.54) is 6.08 Å². The van der Waals surface area contributed by atoms with E-state index in [-0.39, 0.29) is 29.2 Å². The number of aromatic nitrogens is 3. The fourth-order valence-corrected chi connectivity index (χ4v) is 1.34. The van der Waals surface area contributed by atoms with E-state index in [4.69, 9.17) is 16.1 Å². The van der Waals surface area contributed by atoms with Crippen LogP contribution in [0.15, 0.2) is 36.7 Å². The molecule has 6 nitrogen and oxygen atoms in total. The van der Waals surface area contributed by atoms with Crippen molar-refractivity contribution in [3.8, 4) is 6.07 Å². The third kappa shape index (κ3) is 3.34. The summed E-state index contributed by atoms with van der Waals surface area (Å²) in [4.78, 5) is 3.69. The summed E-state index contributed by atoms with van der Waals surface area (Å²) in [6.07, 6.45) is 2.23. The van der Waals surface area contributed by atoms with E-state index in [0.717, 1.165) is 6.33 Å². The molecule has 1 atom stereocenters. The van der Waals surface area contributed by atoms with Crippen LogP contribution < -0.4 is 5.73 Å². The fraction of sp³-hybridized carbons (Fsp3) is 0.250. The number of allylic oxidation sites excluding steroid dienone is 2. The monoisotopic (exact) mass is 281 g/mol. The zero-order valence-electron chi connectivity index (χ0n) is 10.5. The van der Waals surface area contributed by atoms with Crippen LogP contribution in [0.5, 0.6) is 0 Å². The molecule has 106 valence electrons. The summed E-state index contributed by atoms with van der Waals surface area (Å²) in [6.45, 7) is 3.79. The van der Waals surface area contributed by atoms with Gasteiger partial charge in [-0.25, -0.2) is 4.98 Å². The molecule has 0 spiro atoms. The Kier molecular flexibility index (Phi) is 5.25. The molecule has 3 N–H and O–H groups in total. The van der Waals surface area contributed by atoms with E-state index >= 15 is 0 Å². The van der Waals surface area contributed by atoms with E-state index in [1.807, 2.05) is 0 Å². The number of aliphatic hydroxyl groups is 1. The molecule has 1 heterocycles. The van der Waals surface area contributed by atoms with Crippen LogP contribution >= 0.6 is 0 Å². The van der Waals surface area contributed by atoms with Crippen molar-refractivity contribution >= 4 is 5.57 Å². The number of aliphatic hydroxyl groups excluding tert-OH is 1. The van der Waals surface area contributed by atoms with Crippen molar-refractivity contribution in [3.63, 3.8) is 0 Å². The second kappa shape index (κ2) is 6.70. The minimum atomic E-state index is -2.91. The first-order valence-electron chi connectivity index (χ1n) is 5.46. The van der Waals surface area contributed by atoms with Gasteiger partial charge in [-0.3, -0.25) is 0 Å². The molecule has 20 heavy (non-hydrogen) atoms. The van der Waals surface area contributed by atoms with Crippen LogP contribution in [0.4, 0.5) is 8.78 Å². The summed E-state index contributed by atoms with van der Waals surface area (Å²) < 4.78 is 25.9. The summed E-state index contributed by atoms with van der Waals surface area (Å²) in [5, 5.41) is 21.2. The van der Waals surface area contributed by atoms with Crippen molar-refractivity contribution in [1.82, 2.24) is 14.8 Å². The number of rotatable bonds is 6. The molecule has 0 radical (unpaired) electrons. The Bertz CT molecular complexity index is 585. The molecule has 0 bridgehead atoms. The smallest absolute Gasteiger partial charge is 0.335 e. The second-order valence-electron chi connectivity index (χ2n) is 3.82. The van der Waals surface area contributed by atoms with Crippen LogP contribution in [0.1, 0.15) is 12.4 Å².